The molecule has 12 heteroatoms. The molecule has 0 unspecified atom stereocenters. The zero-order chi connectivity index (χ0) is 24.7. The van der Waals surface area contributed by atoms with Gasteiger partial charge in [0.25, 0.3) is 10.0 Å². The van der Waals surface area contributed by atoms with E-state index < -0.39 is 20.7 Å². The average Bonchev–Trinajstić information content (AvgIpc) is 3.22. The van der Waals surface area contributed by atoms with E-state index in [-0.39, 0.29) is 16.8 Å². The number of hydrogen-bond acceptors (Lipinski definition) is 7. The molecule has 0 bridgehead atoms. The van der Waals surface area contributed by atoms with E-state index in [1.807, 2.05) is 6.07 Å². The molecule has 4 aromatic rings. The van der Waals surface area contributed by atoms with Crippen molar-refractivity contribution < 1.29 is 12.8 Å². The molecule has 182 valence electrons. The van der Waals surface area contributed by atoms with Crippen LogP contribution in [0.2, 0.25) is 5.02 Å². The third kappa shape index (κ3) is 4.49. The zero-order valence-corrected chi connectivity index (χ0v) is 20.1. The van der Waals surface area contributed by atoms with E-state index in [0.717, 1.165) is 48.5 Å². The summed E-state index contributed by atoms with van der Waals surface area (Å²) < 4.78 is 43.6. The minimum absolute atomic E-state index is 0.0737. The Morgan fingerprint density at radius 3 is 2.66 bits per heavy atom. The Morgan fingerprint density at radius 1 is 1.14 bits per heavy atom. The van der Waals surface area contributed by atoms with Crippen LogP contribution in [0.15, 0.2) is 59.8 Å². The molecule has 1 atom stereocenters. The average molecular weight is 516 g/mol. The number of hydrogen-bond donors (Lipinski definition) is 3. The summed E-state index contributed by atoms with van der Waals surface area (Å²) in [6, 6.07) is 12.1. The fraction of sp³-hybridized carbons (Fsp3) is 0.217. The number of nitrogens with zero attached hydrogens (tertiary/aromatic N) is 4. The SMILES string of the molecule is Nc1ncnn2c(-c3ccc(NS(=O)(=O)c4cc(Cl)ccc4F)cc3)cc(N3CCC[C@@H](N)C3)c12. The van der Waals surface area contributed by atoms with Gasteiger partial charge in [-0.15, -0.1) is 0 Å². The van der Waals surface area contributed by atoms with Gasteiger partial charge in [0.05, 0.1) is 11.4 Å². The van der Waals surface area contributed by atoms with Gasteiger partial charge >= 0.3 is 0 Å². The number of sulfonamides is 1. The van der Waals surface area contributed by atoms with Crippen LogP contribution in [0, 0.1) is 5.82 Å². The first-order valence-corrected chi connectivity index (χ1v) is 12.8. The van der Waals surface area contributed by atoms with Gasteiger partial charge in [-0.25, -0.2) is 22.3 Å². The van der Waals surface area contributed by atoms with Crippen LogP contribution < -0.4 is 21.1 Å². The maximum atomic E-state index is 14.1. The van der Waals surface area contributed by atoms with Gasteiger partial charge in [-0.2, -0.15) is 5.10 Å². The molecular formula is C23H23ClFN7O2S. The molecular weight excluding hydrogens is 493 g/mol. The van der Waals surface area contributed by atoms with Crippen molar-refractivity contribution >= 4 is 44.3 Å². The predicted octanol–water partition coefficient (Wildman–Crippen LogP) is 3.50. The Hall–Kier alpha value is -3.41. The van der Waals surface area contributed by atoms with Crippen molar-refractivity contribution in [3.63, 3.8) is 0 Å². The third-order valence-electron chi connectivity index (χ3n) is 5.98. The number of nitrogen functional groups attached to an aromatic ring is 1. The molecule has 35 heavy (non-hydrogen) atoms. The largest absolute Gasteiger partial charge is 0.382 e. The fourth-order valence-corrected chi connectivity index (χ4v) is 5.73. The summed E-state index contributed by atoms with van der Waals surface area (Å²) in [7, 11) is -4.17. The molecule has 0 spiro atoms. The quantitative estimate of drug-likeness (QED) is 0.370. The van der Waals surface area contributed by atoms with E-state index in [9.17, 15) is 12.8 Å². The van der Waals surface area contributed by atoms with Gasteiger partial charge in [-0.3, -0.25) is 4.72 Å². The summed E-state index contributed by atoms with van der Waals surface area (Å²) in [5.41, 5.74) is 15.8. The highest BCUT2D eigenvalue weighted by molar-refractivity contribution is 7.92. The van der Waals surface area contributed by atoms with Crippen molar-refractivity contribution in [1.29, 1.82) is 0 Å². The maximum absolute atomic E-state index is 14.1. The third-order valence-corrected chi connectivity index (χ3v) is 7.61. The van der Waals surface area contributed by atoms with Crippen molar-refractivity contribution in [3.8, 4) is 11.3 Å². The second kappa shape index (κ2) is 8.99. The minimum atomic E-state index is -4.17. The standard InChI is InChI=1S/C23H23ClFN7O2S/c24-15-5-8-18(25)21(10-15)35(33,34)30-17-6-3-14(4-7-17)19-11-20(31-9-1-2-16(26)12-31)22-23(27)28-13-29-32(19)22/h3-8,10-11,13,16,30H,1-2,9,12,26H2,(H2,27,28,29)/t16-/m1/s1. The first-order valence-electron chi connectivity index (χ1n) is 10.9. The number of aromatic nitrogens is 3. The molecule has 0 aliphatic carbocycles. The van der Waals surface area contributed by atoms with E-state index in [2.05, 4.69) is 19.7 Å². The topological polar surface area (TPSA) is 132 Å². The molecule has 3 heterocycles. The molecule has 1 aliphatic rings. The minimum Gasteiger partial charge on any atom is -0.382 e. The van der Waals surface area contributed by atoms with Gasteiger partial charge in [0.1, 0.15) is 22.6 Å². The van der Waals surface area contributed by atoms with E-state index >= 15 is 0 Å². The number of halogens is 2. The molecule has 0 radical (unpaired) electrons. The van der Waals surface area contributed by atoms with Crippen LogP contribution in [0.25, 0.3) is 16.8 Å². The number of nitrogens with one attached hydrogen (secondary N) is 1. The Balaban J connectivity index is 1.49. The number of benzene rings is 2. The second-order valence-electron chi connectivity index (χ2n) is 8.43. The highest BCUT2D eigenvalue weighted by Gasteiger charge is 2.24. The Morgan fingerprint density at radius 2 is 1.91 bits per heavy atom. The number of piperidine rings is 1. The Kier molecular flexibility index (Phi) is 5.99. The first-order chi connectivity index (χ1) is 16.7. The van der Waals surface area contributed by atoms with Gasteiger partial charge in [-0.05, 0) is 49.2 Å². The number of rotatable bonds is 5. The first kappa shape index (κ1) is 23.3. The monoisotopic (exact) mass is 515 g/mol. The Labute approximate surface area is 206 Å². The highest BCUT2D eigenvalue weighted by atomic mass is 35.5. The van der Waals surface area contributed by atoms with Gasteiger partial charge in [0.15, 0.2) is 5.82 Å². The normalized spacial score (nSPS) is 16.5. The summed E-state index contributed by atoms with van der Waals surface area (Å²) in [5, 5.41) is 4.51. The molecule has 5 N–H and O–H groups in total. The lowest BCUT2D eigenvalue weighted by atomic mass is 10.1. The summed E-state index contributed by atoms with van der Waals surface area (Å²) in [5.74, 6) is -0.534. The van der Waals surface area contributed by atoms with Gasteiger partial charge in [0, 0.05) is 35.4 Å². The second-order valence-corrected chi connectivity index (χ2v) is 10.5. The smallest absolute Gasteiger partial charge is 0.264 e. The lowest BCUT2D eigenvalue weighted by Gasteiger charge is -2.32. The number of nitrogens with two attached hydrogens (primary N) is 2. The van der Waals surface area contributed by atoms with Crippen molar-refractivity contribution in [3.05, 3.63) is 65.7 Å². The molecule has 1 fully saturated rings. The van der Waals surface area contributed by atoms with Crippen LogP contribution >= 0.6 is 11.6 Å². The van der Waals surface area contributed by atoms with Crippen molar-refractivity contribution in [2.45, 2.75) is 23.8 Å². The predicted molar refractivity (Wildman–Crippen MR) is 134 cm³/mol. The van der Waals surface area contributed by atoms with Crippen LogP contribution in [0.1, 0.15) is 12.8 Å². The molecule has 0 saturated carbocycles. The van der Waals surface area contributed by atoms with Crippen LogP contribution in [0.5, 0.6) is 0 Å². The lowest BCUT2D eigenvalue weighted by Crippen LogP contribution is -2.42. The van der Waals surface area contributed by atoms with Crippen molar-refractivity contribution in [2.75, 3.05) is 28.4 Å². The lowest BCUT2D eigenvalue weighted by molar-refractivity contribution is 0.507. The van der Waals surface area contributed by atoms with Crippen molar-refractivity contribution in [1.82, 2.24) is 14.6 Å². The van der Waals surface area contributed by atoms with Gasteiger partial charge < -0.3 is 16.4 Å². The summed E-state index contributed by atoms with van der Waals surface area (Å²) >= 11 is 5.85. The van der Waals surface area contributed by atoms with E-state index in [1.165, 1.54) is 12.4 Å². The van der Waals surface area contributed by atoms with E-state index in [4.69, 9.17) is 23.1 Å². The fourth-order valence-electron chi connectivity index (χ4n) is 4.33. The van der Waals surface area contributed by atoms with Crippen LogP contribution in [0.4, 0.5) is 21.6 Å². The van der Waals surface area contributed by atoms with Crippen LogP contribution in [0.3, 0.4) is 0 Å². The van der Waals surface area contributed by atoms with Crippen LogP contribution in [-0.2, 0) is 10.0 Å². The Bertz CT molecular complexity index is 1510. The maximum Gasteiger partial charge on any atom is 0.264 e. The summed E-state index contributed by atoms with van der Waals surface area (Å²) in [4.78, 5) is 5.82. The van der Waals surface area contributed by atoms with Crippen molar-refractivity contribution in [2.24, 2.45) is 5.73 Å². The molecule has 0 amide bonds. The zero-order valence-electron chi connectivity index (χ0n) is 18.5. The molecule has 2 aromatic heterocycles. The molecule has 1 aliphatic heterocycles. The molecule has 1 saturated heterocycles. The summed E-state index contributed by atoms with van der Waals surface area (Å²) in [6.45, 7) is 1.55. The van der Waals surface area contributed by atoms with E-state index in [1.54, 1.807) is 28.8 Å². The number of fused-ring (bicyclic) bond motifs is 1. The van der Waals surface area contributed by atoms with Gasteiger partial charge in [-0.1, -0.05) is 23.7 Å². The number of anilines is 3. The summed E-state index contributed by atoms with van der Waals surface area (Å²) in [6.07, 6.45) is 3.33. The van der Waals surface area contributed by atoms with E-state index in [0.29, 0.717) is 17.9 Å². The van der Waals surface area contributed by atoms with Gasteiger partial charge in [0.2, 0.25) is 0 Å². The highest BCUT2D eigenvalue weighted by Crippen LogP contribution is 2.35. The molecule has 9 nitrogen and oxygen atoms in total. The molecule has 2 aromatic carbocycles. The molecule has 5 rings (SSSR count). The van der Waals surface area contributed by atoms with Crippen LogP contribution in [-0.4, -0.2) is 42.1 Å².